The minimum Gasteiger partial charge on any atom is -0.489 e. The number of nitrogens with zero attached hydrogens (tertiary/aromatic N) is 1. The highest BCUT2D eigenvalue weighted by atomic mass is 35.5. The molecular formula is C26H21Cl2NO2. The first-order valence-corrected chi connectivity index (χ1v) is 10.7. The Kier molecular flexibility index (Phi) is 6.45. The summed E-state index contributed by atoms with van der Waals surface area (Å²) in [6.07, 6.45) is 2.16. The van der Waals surface area contributed by atoms with Crippen molar-refractivity contribution in [2.45, 2.75) is 20.0 Å². The molecule has 0 spiro atoms. The van der Waals surface area contributed by atoms with E-state index in [2.05, 4.69) is 0 Å². The lowest BCUT2D eigenvalue weighted by molar-refractivity contribution is 0.306. The summed E-state index contributed by atoms with van der Waals surface area (Å²) in [7, 11) is 0. The van der Waals surface area contributed by atoms with Gasteiger partial charge in [-0.2, -0.15) is 0 Å². The van der Waals surface area contributed by atoms with E-state index in [0.717, 1.165) is 28.3 Å². The summed E-state index contributed by atoms with van der Waals surface area (Å²) in [5.41, 5.74) is 4.30. The van der Waals surface area contributed by atoms with E-state index in [0.29, 0.717) is 28.6 Å². The van der Waals surface area contributed by atoms with Gasteiger partial charge in [0.2, 0.25) is 0 Å². The maximum absolute atomic E-state index is 12.6. The Bertz CT molecular complexity index is 1230. The Morgan fingerprint density at radius 2 is 1.48 bits per heavy atom. The molecule has 3 aromatic carbocycles. The van der Waals surface area contributed by atoms with Crippen LogP contribution in [0.15, 0.2) is 89.9 Å². The molecule has 156 valence electrons. The third-order valence-electron chi connectivity index (χ3n) is 5.25. The molecule has 31 heavy (non-hydrogen) atoms. The van der Waals surface area contributed by atoms with Crippen LogP contribution in [0.5, 0.6) is 5.75 Å². The molecule has 0 aliphatic rings. The predicted octanol–water partition coefficient (Wildman–Crippen LogP) is 6.62. The van der Waals surface area contributed by atoms with Crippen molar-refractivity contribution in [3.63, 3.8) is 0 Å². The van der Waals surface area contributed by atoms with E-state index < -0.39 is 0 Å². The first-order valence-electron chi connectivity index (χ1n) is 9.94. The Morgan fingerprint density at radius 1 is 0.806 bits per heavy atom. The van der Waals surface area contributed by atoms with Gasteiger partial charge in [-0.1, -0.05) is 59.6 Å². The van der Waals surface area contributed by atoms with Crippen LogP contribution in [0.2, 0.25) is 10.0 Å². The number of rotatable bonds is 6. The number of hydrogen-bond acceptors (Lipinski definition) is 2. The van der Waals surface area contributed by atoms with E-state index in [1.54, 1.807) is 30.5 Å². The normalized spacial score (nSPS) is 10.8. The lowest BCUT2D eigenvalue weighted by atomic mass is 10.0. The zero-order valence-electron chi connectivity index (χ0n) is 17.0. The summed E-state index contributed by atoms with van der Waals surface area (Å²) in [4.78, 5) is 12.6. The van der Waals surface area contributed by atoms with Crippen LogP contribution in [0.3, 0.4) is 0 Å². The molecule has 5 heteroatoms. The van der Waals surface area contributed by atoms with Gasteiger partial charge in [0.25, 0.3) is 0 Å². The first-order chi connectivity index (χ1) is 15.0. The minimum atomic E-state index is -0.0347. The zero-order chi connectivity index (χ0) is 21.8. The summed E-state index contributed by atoms with van der Waals surface area (Å²) < 4.78 is 7.86. The fourth-order valence-electron chi connectivity index (χ4n) is 3.49. The van der Waals surface area contributed by atoms with Crippen LogP contribution in [0, 0.1) is 6.92 Å². The fourth-order valence-corrected chi connectivity index (χ4v) is 4.03. The summed E-state index contributed by atoms with van der Waals surface area (Å²) in [6, 6.07) is 24.8. The lowest BCUT2D eigenvalue weighted by Crippen LogP contribution is -2.16. The molecule has 1 aromatic heterocycles. The summed E-state index contributed by atoms with van der Waals surface area (Å²) in [5, 5.41) is 1.11. The Balaban J connectivity index is 1.58. The van der Waals surface area contributed by atoms with Crippen LogP contribution < -0.4 is 10.2 Å². The van der Waals surface area contributed by atoms with E-state index in [4.69, 9.17) is 27.9 Å². The van der Waals surface area contributed by atoms with Crippen LogP contribution in [0.25, 0.3) is 5.69 Å². The largest absolute Gasteiger partial charge is 0.489 e. The van der Waals surface area contributed by atoms with Crippen molar-refractivity contribution in [3.05, 3.63) is 128 Å². The number of hydrogen-bond donors (Lipinski definition) is 0. The number of pyridine rings is 1. The number of benzene rings is 3. The molecule has 0 fully saturated rings. The van der Waals surface area contributed by atoms with E-state index in [9.17, 15) is 4.79 Å². The van der Waals surface area contributed by atoms with Crippen LogP contribution in [-0.2, 0) is 13.0 Å². The van der Waals surface area contributed by atoms with Gasteiger partial charge in [-0.25, -0.2) is 0 Å². The summed E-state index contributed by atoms with van der Waals surface area (Å²) in [6.45, 7) is 2.45. The minimum absolute atomic E-state index is 0.0347. The molecule has 0 atom stereocenters. The first kappa shape index (κ1) is 21.2. The SMILES string of the molecule is Cc1c(Cc2c(Cl)cccc2Cl)c(=O)ccn1-c1ccc(OCc2ccccc2)cc1. The monoisotopic (exact) mass is 449 g/mol. The Morgan fingerprint density at radius 3 is 2.16 bits per heavy atom. The third-order valence-corrected chi connectivity index (χ3v) is 5.96. The maximum atomic E-state index is 12.6. The second-order valence-corrected chi connectivity index (χ2v) is 8.07. The van der Waals surface area contributed by atoms with Gasteiger partial charge in [-0.15, -0.1) is 0 Å². The standard InChI is InChI=1S/C26H21Cl2NO2/c1-18-22(16-23-24(27)8-5-9-25(23)28)26(30)14-15-29(18)20-10-12-21(13-11-20)31-17-19-6-3-2-4-7-19/h2-15H,16-17H2,1H3. The third kappa shape index (κ3) is 4.84. The highest BCUT2D eigenvalue weighted by molar-refractivity contribution is 6.36. The van der Waals surface area contributed by atoms with Crippen LogP contribution >= 0.6 is 23.2 Å². The topological polar surface area (TPSA) is 31.2 Å². The van der Waals surface area contributed by atoms with Crippen molar-refractivity contribution in [1.29, 1.82) is 0 Å². The van der Waals surface area contributed by atoms with Crippen molar-refractivity contribution in [2.24, 2.45) is 0 Å². The molecule has 0 radical (unpaired) electrons. The van der Waals surface area contributed by atoms with Gasteiger partial charge >= 0.3 is 0 Å². The highest BCUT2D eigenvalue weighted by Gasteiger charge is 2.13. The Hall–Kier alpha value is -3.01. The summed E-state index contributed by atoms with van der Waals surface area (Å²) in [5.74, 6) is 0.786. The average molecular weight is 450 g/mol. The van der Waals surface area contributed by atoms with Crippen LogP contribution in [0.4, 0.5) is 0 Å². The average Bonchev–Trinajstić information content (AvgIpc) is 2.78. The molecule has 0 saturated carbocycles. The fraction of sp³-hybridized carbons (Fsp3) is 0.115. The lowest BCUT2D eigenvalue weighted by Gasteiger charge is -2.16. The van der Waals surface area contributed by atoms with Gasteiger partial charge in [0, 0.05) is 45.7 Å². The second kappa shape index (κ2) is 9.42. The van der Waals surface area contributed by atoms with Crippen LogP contribution in [0.1, 0.15) is 22.4 Å². The number of halogens is 2. The van der Waals surface area contributed by atoms with Gasteiger partial charge < -0.3 is 9.30 Å². The second-order valence-electron chi connectivity index (χ2n) is 7.26. The van der Waals surface area contributed by atoms with Crippen molar-refractivity contribution in [1.82, 2.24) is 4.57 Å². The molecule has 0 aliphatic carbocycles. The van der Waals surface area contributed by atoms with Gasteiger partial charge in [0.1, 0.15) is 12.4 Å². The molecular weight excluding hydrogens is 429 g/mol. The number of ether oxygens (including phenoxy) is 1. The molecule has 0 unspecified atom stereocenters. The van der Waals surface area contributed by atoms with E-state index >= 15 is 0 Å². The number of aromatic nitrogens is 1. The van der Waals surface area contributed by atoms with E-state index in [-0.39, 0.29) is 5.43 Å². The van der Waals surface area contributed by atoms with Gasteiger partial charge in [-0.3, -0.25) is 4.79 Å². The van der Waals surface area contributed by atoms with Crippen molar-refractivity contribution in [2.75, 3.05) is 0 Å². The quantitative estimate of drug-likeness (QED) is 0.331. The molecule has 0 N–H and O–H groups in total. The Labute approximate surface area is 191 Å². The zero-order valence-corrected chi connectivity index (χ0v) is 18.5. The molecule has 0 aliphatic heterocycles. The molecule has 0 saturated heterocycles. The van der Waals surface area contributed by atoms with E-state index in [1.807, 2.05) is 66.1 Å². The molecule has 1 heterocycles. The van der Waals surface area contributed by atoms with E-state index in [1.165, 1.54) is 0 Å². The molecule has 4 aromatic rings. The summed E-state index contributed by atoms with van der Waals surface area (Å²) >= 11 is 12.7. The maximum Gasteiger partial charge on any atom is 0.185 e. The molecule has 0 amide bonds. The molecule has 4 rings (SSSR count). The highest BCUT2D eigenvalue weighted by Crippen LogP contribution is 2.27. The molecule has 0 bridgehead atoms. The van der Waals surface area contributed by atoms with Gasteiger partial charge in [0.15, 0.2) is 5.43 Å². The van der Waals surface area contributed by atoms with Crippen molar-refractivity contribution >= 4 is 23.2 Å². The smallest absolute Gasteiger partial charge is 0.185 e. The molecule has 3 nitrogen and oxygen atoms in total. The van der Waals surface area contributed by atoms with Crippen molar-refractivity contribution in [3.8, 4) is 11.4 Å². The predicted molar refractivity (Wildman–Crippen MR) is 127 cm³/mol. The van der Waals surface area contributed by atoms with Gasteiger partial charge in [0.05, 0.1) is 0 Å². The van der Waals surface area contributed by atoms with Gasteiger partial charge in [-0.05, 0) is 54.4 Å². The van der Waals surface area contributed by atoms with Crippen molar-refractivity contribution < 1.29 is 4.74 Å². The van der Waals surface area contributed by atoms with Crippen LogP contribution in [-0.4, -0.2) is 4.57 Å².